The molecule has 204 valence electrons. The number of non-ortho nitro benzene ring substituents is 1. The molecular formula is C28H25N5O7. The number of amides is 3. The first kappa shape index (κ1) is 26.4. The number of nitrogens with one attached hydrogen (secondary N) is 2. The molecule has 1 aliphatic heterocycles. The second kappa shape index (κ2) is 10.1. The standard InChI is InChI=1S/C28H25N5O7/c1-4-5-24(35)40-14-23(34)29-15-6-8-17-19(12-31(2)21(17)10-15)25-26(28(37)30-27(25)36)20-13-32(3)22-11-16(33(38)39)7-9-18(20)22/h6-13H,4-5,14H2,1-3H3,(H,29,34)(H,30,36,37). The molecule has 0 radical (unpaired) electrons. The first-order valence-electron chi connectivity index (χ1n) is 12.5. The summed E-state index contributed by atoms with van der Waals surface area (Å²) >= 11 is 0. The zero-order valence-electron chi connectivity index (χ0n) is 21.9. The van der Waals surface area contributed by atoms with Crippen LogP contribution in [0.25, 0.3) is 33.0 Å². The van der Waals surface area contributed by atoms with Crippen molar-refractivity contribution in [3.63, 3.8) is 0 Å². The number of rotatable bonds is 8. The number of carbonyl (C=O) groups excluding carboxylic acids is 4. The van der Waals surface area contributed by atoms with E-state index in [-0.39, 0.29) is 23.3 Å². The van der Waals surface area contributed by atoms with Crippen LogP contribution in [0.5, 0.6) is 0 Å². The first-order chi connectivity index (χ1) is 19.1. The van der Waals surface area contributed by atoms with Gasteiger partial charge in [0, 0.05) is 72.6 Å². The van der Waals surface area contributed by atoms with E-state index in [1.165, 1.54) is 12.1 Å². The predicted molar refractivity (Wildman–Crippen MR) is 147 cm³/mol. The molecule has 2 N–H and O–H groups in total. The van der Waals surface area contributed by atoms with Gasteiger partial charge in [-0.15, -0.1) is 0 Å². The fourth-order valence-corrected chi connectivity index (χ4v) is 4.93. The SMILES string of the molecule is CCCC(=O)OCC(=O)Nc1ccc2c(C3=C(c4cn(C)c5cc([N+](=O)[O-])ccc45)C(=O)NC3=O)cn(C)c2c1. The van der Waals surface area contributed by atoms with E-state index in [0.717, 1.165) is 0 Å². The van der Waals surface area contributed by atoms with Crippen LogP contribution in [0.15, 0.2) is 48.8 Å². The number of hydrogen-bond donors (Lipinski definition) is 2. The number of esters is 1. The minimum Gasteiger partial charge on any atom is -0.456 e. The van der Waals surface area contributed by atoms with Gasteiger partial charge in [-0.1, -0.05) is 13.0 Å². The summed E-state index contributed by atoms with van der Waals surface area (Å²) in [5.74, 6) is -2.06. The number of nitrogens with zero attached hydrogens (tertiary/aromatic N) is 3. The number of hydrogen-bond acceptors (Lipinski definition) is 7. The van der Waals surface area contributed by atoms with E-state index >= 15 is 0 Å². The summed E-state index contributed by atoms with van der Waals surface area (Å²) in [5, 5.41) is 17.6. The first-order valence-corrected chi connectivity index (χ1v) is 12.5. The summed E-state index contributed by atoms with van der Waals surface area (Å²) in [6.07, 6.45) is 4.26. The van der Waals surface area contributed by atoms with Crippen molar-refractivity contribution in [3.8, 4) is 0 Å². The Morgan fingerprint density at radius 3 is 2.10 bits per heavy atom. The van der Waals surface area contributed by atoms with Crippen molar-refractivity contribution in [2.24, 2.45) is 14.1 Å². The molecule has 12 nitrogen and oxygen atoms in total. The molecule has 0 saturated carbocycles. The van der Waals surface area contributed by atoms with Gasteiger partial charge in [0.05, 0.1) is 27.1 Å². The molecule has 0 fully saturated rings. The van der Waals surface area contributed by atoms with Crippen molar-refractivity contribution >= 4 is 68.0 Å². The number of imide groups is 1. The molecule has 1 aliphatic rings. The Labute approximate surface area is 227 Å². The van der Waals surface area contributed by atoms with Crippen LogP contribution in [0.4, 0.5) is 11.4 Å². The summed E-state index contributed by atoms with van der Waals surface area (Å²) in [4.78, 5) is 60.8. The predicted octanol–water partition coefficient (Wildman–Crippen LogP) is 3.43. The Hall–Kier alpha value is -5.26. The van der Waals surface area contributed by atoms with E-state index in [4.69, 9.17) is 4.74 Å². The minimum absolute atomic E-state index is 0.0857. The van der Waals surface area contributed by atoms with Crippen LogP contribution < -0.4 is 10.6 Å². The number of benzene rings is 2. The van der Waals surface area contributed by atoms with Crippen LogP contribution >= 0.6 is 0 Å². The lowest BCUT2D eigenvalue weighted by molar-refractivity contribution is -0.384. The maximum absolute atomic E-state index is 13.1. The minimum atomic E-state index is -0.565. The molecule has 3 heterocycles. The second-order valence-corrected chi connectivity index (χ2v) is 9.49. The highest BCUT2D eigenvalue weighted by molar-refractivity contribution is 6.50. The molecule has 0 atom stereocenters. The molecule has 12 heteroatoms. The number of carbonyl (C=O) groups is 4. The van der Waals surface area contributed by atoms with Gasteiger partial charge in [-0.2, -0.15) is 0 Å². The Morgan fingerprint density at radius 1 is 0.950 bits per heavy atom. The maximum atomic E-state index is 13.1. The number of fused-ring (bicyclic) bond motifs is 2. The molecule has 3 amide bonds. The van der Waals surface area contributed by atoms with Crippen molar-refractivity contribution in [3.05, 3.63) is 70.0 Å². The van der Waals surface area contributed by atoms with Crippen LogP contribution in [-0.2, 0) is 38.0 Å². The average Bonchev–Trinajstić information content (AvgIpc) is 3.51. The lowest BCUT2D eigenvalue weighted by Crippen LogP contribution is -2.22. The van der Waals surface area contributed by atoms with E-state index in [1.807, 2.05) is 6.92 Å². The van der Waals surface area contributed by atoms with Crippen LogP contribution in [0.3, 0.4) is 0 Å². The highest BCUT2D eigenvalue weighted by Crippen LogP contribution is 2.39. The van der Waals surface area contributed by atoms with Gasteiger partial charge >= 0.3 is 5.97 Å². The third kappa shape index (κ3) is 4.59. The van der Waals surface area contributed by atoms with Gasteiger partial charge in [0.15, 0.2) is 6.61 Å². The number of ether oxygens (including phenoxy) is 1. The fraction of sp³-hybridized carbons (Fsp3) is 0.214. The van der Waals surface area contributed by atoms with Gasteiger partial charge in [0.1, 0.15) is 0 Å². The lowest BCUT2D eigenvalue weighted by atomic mass is 9.95. The molecule has 5 rings (SSSR count). The summed E-state index contributed by atoms with van der Waals surface area (Å²) in [6, 6.07) is 9.46. The maximum Gasteiger partial charge on any atom is 0.306 e. The molecule has 2 aromatic carbocycles. The Kier molecular flexibility index (Phi) is 6.68. The van der Waals surface area contributed by atoms with Crippen LogP contribution in [-0.4, -0.2) is 44.4 Å². The molecule has 0 unspecified atom stereocenters. The topological polar surface area (TPSA) is 155 Å². The van der Waals surface area contributed by atoms with Crippen LogP contribution in [0.1, 0.15) is 30.9 Å². The molecule has 0 bridgehead atoms. The van der Waals surface area contributed by atoms with Crippen molar-refractivity contribution in [2.45, 2.75) is 19.8 Å². The Balaban J connectivity index is 1.55. The Bertz CT molecular complexity index is 1790. The zero-order chi connectivity index (χ0) is 28.7. The number of aromatic nitrogens is 2. The zero-order valence-corrected chi connectivity index (χ0v) is 21.9. The van der Waals surface area contributed by atoms with Crippen molar-refractivity contribution < 1.29 is 28.8 Å². The number of aryl methyl sites for hydroxylation is 2. The molecule has 0 aliphatic carbocycles. The van der Waals surface area contributed by atoms with E-state index in [0.29, 0.717) is 45.0 Å². The van der Waals surface area contributed by atoms with Crippen LogP contribution in [0, 0.1) is 10.1 Å². The van der Waals surface area contributed by atoms with Gasteiger partial charge in [0.25, 0.3) is 23.4 Å². The summed E-state index contributed by atoms with van der Waals surface area (Å²) < 4.78 is 8.40. The molecule has 40 heavy (non-hydrogen) atoms. The highest BCUT2D eigenvalue weighted by Gasteiger charge is 2.35. The third-order valence-electron chi connectivity index (χ3n) is 6.75. The summed E-state index contributed by atoms with van der Waals surface area (Å²) in [7, 11) is 3.48. The van der Waals surface area contributed by atoms with E-state index in [1.54, 1.807) is 59.9 Å². The summed E-state index contributed by atoms with van der Waals surface area (Å²) in [6.45, 7) is 1.44. The van der Waals surface area contributed by atoms with Gasteiger partial charge < -0.3 is 19.2 Å². The average molecular weight is 544 g/mol. The van der Waals surface area contributed by atoms with Gasteiger partial charge in [0.2, 0.25) is 0 Å². The second-order valence-electron chi connectivity index (χ2n) is 9.49. The molecule has 0 spiro atoms. The lowest BCUT2D eigenvalue weighted by Gasteiger charge is -2.07. The van der Waals surface area contributed by atoms with Crippen molar-refractivity contribution in [2.75, 3.05) is 11.9 Å². The highest BCUT2D eigenvalue weighted by atomic mass is 16.6. The third-order valence-corrected chi connectivity index (χ3v) is 6.75. The van der Waals surface area contributed by atoms with Gasteiger partial charge in [-0.3, -0.25) is 34.6 Å². The Morgan fingerprint density at radius 2 is 1.52 bits per heavy atom. The molecule has 4 aromatic rings. The van der Waals surface area contributed by atoms with Crippen LogP contribution in [0.2, 0.25) is 0 Å². The number of nitro benzene ring substituents is 1. The molecular weight excluding hydrogens is 518 g/mol. The van der Waals surface area contributed by atoms with Gasteiger partial charge in [-0.05, 0) is 24.6 Å². The quantitative estimate of drug-likeness (QED) is 0.149. The van der Waals surface area contributed by atoms with E-state index in [9.17, 15) is 29.3 Å². The summed E-state index contributed by atoms with van der Waals surface area (Å²) in [5.41, 5.74) is 2.95. The number of anilines is 1. The van der Waals surface area contributed by atoms with E-state index < -0.39 is 35.2 Å². The molecule has 0 saturated heterocycles. The smallest absolute Gasteiger partial charge is 0.306 e. The normalized spacial score (nSPS) is 13.3. The van der Waals surface area contributed by atoms with E-state index in [2.05, 4.69) is 10.6 Å². The largest absolute Gasteiger partial charge is 0.456 e. The molecule has 2 aromatic heterocycles. The van der Waals surface area contributed by atoms with Gasteiger partial charge in [-0.25, -0.2) is 0 Å². The number of nitro groups is 1. The monoisotopic (exact) mass is 543 g/mol. The van der Waals surface area contributed by atoms with Crippen molar-refractivity contribution in [1.29, 1.82) is 0 Å². The van der Waals surface area contributed by atoms with Crippen molar-refractivity contribution in [1.82, 2.24) is 14.5 Å². The fourth-order valence-electron chi connectivity index (χ4n) is 4.93.